The summed E-state index contributed by atoms with van der Waals surface area (Å²) in [6.07, 6.45) is 6.98. The molecule has 3 fully saturated rings. The second-order valence-electron chi connectivity index (χ2n) is 15.4. The van der Waals surface area contributed by atoms with Crippen LogP contribution in [0.5, 0.6) is 5.75 Å². The lowest BCUT2D eigenvalue weighted by molar-refractivity contribution is -0.143. The lowest BCUT2D eigenvalue weighted by atomic mass is 9.87. The van der Waals surface area contributed by atoms with Crippen molar-refractivity contribution < 1.29 is 41.8 Å². The first-order chi connectivity index (χ1) is 24.7. The molecule has 7 rings (SSSR count). The quantitative estimate of drug-likeness (QED) is 0.371. The number of rotatable bonds is 6. The Morgan fingerprint density at radius 3 is 2.65 bits per heavy atom. The number of halogens is 1. The number of nitrogens with zero attached hydrogens (tertiary/aromatic N) is 3. The number of hydrogen-bond acceptors (Lipinski definition) is 8. The molecule has 2 saturated carbocycles. The molecule has 0 bridgehead atoms. The van der Waals surface area contributed by atoms with Crippen LogP contribution in [0.4, 0.5) is 9.18 Å². The molecular formula is C37H46FN5O8S. The number of carbonyl (C=O) groups excluding carboxylic acids is 3. The predicted octanol–water partition coefficient (Wildman–Crippen LogP) is 3.92. The Morgan fingerprint density at radius 2 is 1.92 bits per heavy atom. The molecule has 2 aliphatic carbocycles. The summed E-state index contributed by atoms with van der Waals surface area (Å²) in [6.45, 7) is 1.86. The molecule has 1 spiro atoms. The van der Waals surface area contributed by atoms with Gasteiger partial charge in [0.25, 0.3) is 5.91 Å². The Morgan fingerprint density at radius 1 is 1.15 bits per heavy atom. The van der Waals surface area contributed by atoms with E-state index in [1.54, 1.807) is 6.92 Å². The number of sulfonamides is 1. The largest absolute Gasteiger partial charge is 0.483 e. The molecule has 1 aromatic heterocycles. The van der Waals surface area contributed by atoms with Crippen LogP contribution in [0.25, 0.3) is 10.9 Å². The Hall–Kier alpha value is -4.27. The van der Waals surface area contributed by atoms with Crippen molar-refractivity contribution in [3.8, 4) is 5.75 Å². The van der Waals surface area contributed by atoms with Gasteiger partial charge in [0.1, 0.15) is 35.6 Å². The number of aromatic nitrogens is 1. The number of fused-ring (bicyclic) bond motifs is 5. The maximum absolute atomic E-state index is 14.6. The van der Waals surface area contributed by atoms with Gasteiger partial charge in [0.15, 0.2) is 0 Å². The smallest absolute Gasteiger partial charge is 0.408 e. The molecule has 4 amide bonds. The molecule has 0 radical (unpaired) electrons. The number of ether oxygens (including phenoxy) is 1. The number of allylic oxidation sites excluding steroid dienone is 1. The van der Waals surface area contributed by atoms with Gasteiger partial charge in [-0.3, -0.25) is 24.0 Å². The van der Waals surface area contributed by atoms with Crippen molar-refractivity contribution in [2.24, 2.45) is 5.92 Å². The van der Waals surface area contributed by atoms with E-state index in [1.165, 1.54) is 4.90 Å². The zero-order chi connectivity index (χ0) is 37.1. The Bertz CT molecular complexity index is 1950. The normalized spacial score (nSPS) is 30.4. The molecule has 2 aromatic rings. The standard InChI is InChI=1S/C37H46FN5O8S/c1-23-30-26(25-11-8-9-12-27(25)39-23)14-15-36(51-30)21-29-31(44)40-37(33(46)41-52(49,50)35(2)16-17-35)20-24(37)10-6-4-3-5-7-13-28(32(45)43(29)22-36)42(19-18-38)34(47)48/h6,8-12,24,28-29H,3-5,7,13-22H2,1-2H3,(H,40,44)(H,41,46)(H,47,48)/b10-6-/t24-,28+,29+,36-,37-/m1/s1. The van der Waals surface area contributed by atoms with E-state index < -0.39 is 80.9 Å². The lowest BCUT2D eigenvalue weighted by Gasteiger charge is -2.37. The summed E-state index contributed by atoms with van der Waals surface area (Å²) in [7, 11) is -4.01. The third-order valence-corrected chi connectivity index (χ3v) is 14.0. The highest BCUT2D eigenvalue weighted by atomic mass is 32.2. The van der Waals surface area contributed by atoms with E-state index in [-0.39, 0.29) is 25.8 Å². The zero-order valence-corrected chi connectivity index (χ0v) is 30.3. The van der Waals surface area contributed by atoms with E-state index in [0.717, 1.165) is 21.4 Å². The van der Waals surface area contributed by atoms with Gasteiger partial charge in [-0.1, -0.05) is 43.2 Å². The molecule has 1 aromatic carbocycles. The van der Waals surface area contributed by atoms with Gasteiger partial charge >= 0.3 is 6.09 Å². The first-order valence-electron chi connectivity index (χ1n) is 18.2. The molecule has 52 heavy (non-hydrogen) atoms. The van der Waals surface area contributed by atoms with Gasteiger partial charge in [-0.15, -0.1) is 0 Å². The van der Waals surface area contributed by atoms with E-state index in [0.29, 0.717) is 62.8 Å². The average Bonchev–Trinajstić information content (AvgIpc) is 4.00. The van der Waals surface area contributed by atoms with Crippen LogP contribution in [-0.4, -0.2) is 99.9 Å². The SMILES string of the molecule is Cc1nc2ccccc2c2c1O[C@]1(CC2)C[C@H]2C(=O)N[C@]3(C(=O)NS(=O)(=O)C4(C)CC4)C[C@H]3/C=C\CCCCC[C@H](N(CCF)C(=O)O)C(=O)N2C1. The highest BCUT2D eigenvalue weighted by Gasteiger charge is 2.64. The van der Waals surface area contributed by atoms with Gasteiger partial charge in [0, 0.05) is 23.3 Å². The number of pyridine rings is 1. The molecule has 3 N–H and O–H groups in total. The molecular weight excluding hydrogens is 693 g/mol. The van der Waals surface area contributed by atoms with Crippen LogP contribution >= 0.6 is 0 Å². The van der Waals surface area contributed by atoms with Crippen LogP contribution in [0, 0.1) is 12.8 Å². The van der Waals surface area contributed by atoms with Crippen LogP contribution in [0.2, 0.25) is 0 Å². The molecule has 0 unspecified atom stereocenters. The van der Waals surface area contributed by atoms with Crippen molar-refractivity contribution in [2.75, 3.05) is 19.8 Å². The van der Waals surface area contributed by atoms with Crippen LogP contribution in [-0.2, 0) is 30.8 Å². The monoisotopic (exact) mass is 739 g/mol. The first kappa shape index (κ1) is 36.1. The van der Waals surface area contributed by atoms with Gasteiger partial charge in [-0.25, -0.2) is 22.6 Å². The summed E-state index contributed by atoms with van der Waals surface area (Å²) in [5.41, 5.74) is -0.158. The van der Waals surface area contributed by atoms with Crippen molar-refractivity contribution in [1.82, 2.24) is 24.8 Å². The maximum Gasteiger partial charge on any atom is 0.408 e. The number of nitrogens with one attached hydrogen (secondary N) is 2. The molecule has 13 nitrogen and oxygen atoms in total. The van der Waals surface area contributed by atoms with E-state index >= 15 is 0 Å². The Balaban J connectivity index is 1.26. The molecule has 15 heteroatoms. The van der Waals surface area contributed by atoms with Crippen molar-refractivity contribution >= 4 is 44.7 Å². The number of carboxylic acid groups (broad SMARTS) is 1. The van der Waals surface area contributed by atoms with Crippen LogP contribution in [0.3, 0.4) is 0 Å². The lowest BCUT2D eigenvalue weighted by Crippen LogP contribution is -2.59. The topological polar surface area (TPSA) is 175 Å². The molecule has 280 valence electrons. The number of carbonyl (C=O) groups is 4. The molecule has 5 aliphatic rings. The molecule has 1 saturated heterocycles. The van der Waals surface area contributed by atoms with Gasteiger partial charge in [0.2, 0.25) is 21.8 Å². The summed E-state index contributed by atoms with van der Waals surface area (Å²) >= 11 is 0. The highest BCUT2D eigenvalue weighted by molar-refractivity contribution is 7.91. The minimum Gasteiger partial charge on any atom is -0.483 e. The number of alkyl halides is 1. The molecule has 3 aliphatic heterocycles. The van der Waals surface area contributed by atoms with Crippen LogP contribution < -0.4 is 14.8 Å². The number of para-hydroxylation sites is 1. The number of hydrogen-bond donors (Lipinski definition) is 3. The fourth-order valence-electron chi connectivity index (χ4n) is 8.25. The fraction of sp³-hybridized carbons (Fsp3) is 0.595. The van der Waals surface area contributed by atoms with Crippen molar-refractivity contribution in [1.29, 1.82) is 0 Å². The number of aryl methyl sites for hydroxylation is 2. The van der Waals surface area contributed by atoms with Crippen LogP contribution in [0.1, 0.15) is 82.4 Å². The minimum absolute atomic E-state index is 0.0355. The van der Waals surface area contributed by atoms with Crippen molar-refractivity contribution in [3.63, 3.8) is 0 Å². The fourth-order valence-corrected chi connectivity index (χ4v) is 9.57. The van der Waals surface area contributed by atoms with Crippen molar-refractivity contribution in [2.45, 2.75) is 112 Å². The van der Waals surface area contributed by atoms with Gasteiger partial charge in [-0.05, 0) is 71.3 Å². The summed E-state index contributed by atoms with van der Waals surface area (Å²) in [4.78, 5) is 62.3. The van der Waals surface area contributed by atoms with E-state index in [4.69, 9.17) is 9.72 Å². The summed E-state index contributed by atoms with van der Waals surface area (Å²) in [5.74, 6) is -2.03. The van der Waals surface area contributed by atoms with Gasteiger partial charge in [0.05, 0.1) is 29.0 Å². The first-order valence-corrected chi connectivity index (χ1v) is 19.7. The summed E-state index contributed by atoms with van der Waals surface area (Å²) in [6, 6.07) is 5.29. The summed E-state index contributed by atoms with van der Waals surface area (Å²) < 4.78 is 48.0. The Kier molecular flexibility index (Phi) is 9.23. The average molecular weight is 740 g/mol. The number of benzene rings is 1. The predicted molar refractivity (Wildman–Crippen MR) is 189 cm³/mol. The second-order valence-corrected chi connectivity index (χ2v) is 17.6. The van der Waals surface area contributed by atoms with Crippen LogP contribution in [0.15, 0.2) is 36.4 Å². The second kappa shape index (κ2) is 13.3. The van der Waals surface area contributed by atoms with Gasteiger partial charge in [-0.2, -0.15) is 0 Å². The minimum atomic E-state index is -4.01. The van der Waals surface area contributed by atoms with Gasteiger partial charge < -0.3 is 20.1 Å². The van der Waals surface area contributed by atoms with E-state index in [2.05, 4.69) is 10.0 Å². The van der Waals surface area contributed by atoms with E-state index in [9.17, 15) is 37.1 Å². The third-order valence-electron chi connectivity index (χ3n) is 11.8. The van der Waals surface area contributed by atoms with E-state index in [1.807, 2.05) is 43.3 Å². The molecule has 4 heterocycles. The third kappa shape index (κ3) is 6.38. The summed E-state index contributed by atoms with van der Waals surface area (Å²) in [5, 5.41) is 13.9. The van der Waals surface area contributed by atoms with Crippen molar-refractivity contribution in [3.05, 3.63) is 47.7 Å². The molecule has 5 atom stereocenters. The zero-order valence-electron chi connectivity index (χ0n) is 29.5. The highest BCUT2D eigenvalue weighted by Crippen LogP contribution is 2.49. The Labute approximate surface area is 302 Å². The maximum atomic E-state index is 14.6. The number of amides is 4.